The summed E-state index contributed by atoms with van der Waals surface area (Å²) < 4.78 is 1.14. The zero-order valence-electron chi connectivity index (χ0n) is 14.9. The van der Waals surface area contributed by atoms with E-state index in [0.717, 1.165) is 22.9 Å². The van der Waals surface area contributed by atoms with Crippen molar-refractivity contribution in [3.8, 4) is 0 Å². The van der Waals surface area contributed by atoms with Crippen molar-refractivity contribution in [3.05, 3.63) is 42.3 Å². The third-order valence-electron chi connectivity index (χ3n) is 6.43. The first-order chi connectivity index (χ1) is 11.0. The van der Waals surface area contributed by atoms with Crippen molar-refractivity contribution in [1.82, 2.24) is 0 Å². The highest BCUT2D eigenvalue weighted by Gasteiger charge is 2.56. The van der Waals surface area contributed by atoms with Crippen LogP contribution in [0.5, 0.6) is 0 Å². The normalized spacial score (nSPS) is 29.8. The van der Waals surface area contributed by atoms with Gasteiger partial charge in [0.15, 0.2) is 5.78 Å². The SMILES string of the molecule is CCCCC(C(=O)c1ccccc1)C1CC2[CH+]CC(C1)[N+]2(C)C. The number of ketones is 1. The first-order valence-corrected chi connectivity index (χ1v) is 9.30. The molecule has 0 spiro atoms. The maximum Gasteiger partial charge on any atom is 0.221 e. The van der Waals surface area contributed by atoms with Gasteiger partial charge in [-0.1, -0.05) is 50.1 Å². The molecule has 2 heteroatoms. The fourth-order valence-corrected chi connectivity index (χ4v) is 4.77. The lowest BCUT2D eigenvalue weighted by molar-refractivity contribution is -0.929. The van der Waals surface area contributed by atoms with Crippen LogP contribution in [-0.4, -0.2) is 36.4 Å². The Morgan fingerprint density at radius 2 is 2.00 bits per heavy atom. The molecule has 3 rings (SSSR count). The van der Waals surface area contributed by atoms with Crippen molar-refractivity contribution in [2.75, 3.05) is 14.1 Å². The Bertz CT molecular complexity index is 520. The third kappa shape index (κ3) is 3.19. The van der Waals surface area contributed by atoms with Gasteiger partial charge in [-0.05, 0) is 12.3 Å². The molecule has 4 unspecified atom stereocenters. The van der Waals surface area contributed by atoms with Crippen molar-refractivity contribution in [2.24, 2.45) is 11.8 Å². The van der Waals surface area contributed by atoms with Gasteiger partial charge in [0.2, 0.25) is 6.04 Å². The maximum atomic E-state index is 13.1. The van der Waals surface area contributed by atoms with Gasteiger partial charge in [0.25, 0.3) is 0 Å². The molecular weight excluding hydrogens is 282 g/mol. The number of quaternary nitrogens is 1. The Kier molecular flexibility index (Phi) is 4.82. The van der Waals surface area contributed by atoms with Crippen LogP contribution in [0.15, 0.2) is 30.3 Å². The first-order valence-electron chi connectivity index (χ1n) is 9.30. The number of nitrogens with zero attached hydrogens (tertiary/aromatic N) is 1. The lowest BCUT2D eigenvalue weighted by Gasteiger charge is -2.42. The molecule has 0 amide bonds. The molecule has 2 aliphatic rings. The van der Waals surface area contributed by atoms with Crippen LogP contribution in [0.3, 0.4) is 0 Å². The molecule has 1 aromatic rings. The molecule has 0 radical (unpaired) electrons. The third-order valence-corrected chi connectivity index (χ3v) is 6.43. The molecule has 2 saturated heterocycles. The van der Waals surface area contributed by atoms with Crippen LogP contribution in [0.25, 0.3) is 0 Å². The summed E-state index contributed by atoms with van der Waals surface area (Å²) in [5.74, 6) is 1.17. The van der Waals surface area contributed by atoms with Gasteiger partial charge >= 0.3 is 0 Å². The van der Waals surface area contributed by atoms with Crippen LogP contribution >= 0.6 is 0 Å². The van der Waals surface area contributed by atoms with Crippen molar-refractivity contribution in [3.63, 3.8) is 0 Å². The molecule has 124 valence electrons. The number of carbonyl (C=O) groups excluding carboxylic acids is 1. The van der Waals surface area contributed by atoms with E-state index in [4.69, 9.17) is 0 Å². The summed E-state index contributed by atoms with van der Waals surface area (Å²) in [7, 11) is 4.74. The van der Waals surface area contributed by atoms with E-state index in [9.17, 15) is 4.79 Å². The van der Waals surface area contributed by atoms with Crippen molar-refractivity contribution >= 4 is 5.78 Å². The Balaban J connectivity index is 1.79. The van der Waals surface area contributed by atoms with Crippen LogP contribution < -0.4 is 0 Å². The van der Waals surface area contributed by atoms with Crippen LogP contribution in [-0.2, 0) is 0 Å². The Morgan fingerprint density at radius 1 is 1.26 bits per heavy atom. The van der Waals surface area contributed by atoms with Gasteiger partial charge in [-0.2, -0.15) is 0 Å². The van der Waals surface area contributed by atoms with Gasteiger partial charge in [-0.25, -0.2) is 0 Å². The van der Waals surface area contributed by atoms with Gasteiger partial charge in [-0.3, -0.25) is 9.28 Å². The number of hydrogen-bond acceptors (Lipinski definition) is 1. The molecule has 0 N–H and O–H groups in total. The van der Waals surface area contributed by atoms with Gasteiger partial charge in [0, 0.05) is 24.3 Å². The summed E-state index contributed by atoms with van der Waals surface area (Å²) in [6, 6.07) is 11.3. The van der Waals surface area contributed by atoms with Gasteiger partial charge in [-0.15, -0.1) is 0 Å². The van der Waals surface area contributed by atoms with E-state index in [1.807, 2.05) is 30.3 Å². The maximum absolute atomic E-state index is 13.1. The standard InChI is InChI=1S/C21H31NO/c1-4-5-11-20(21(23)16-9-7-6-8-10-16)17-14-18-12-13-19(15-17)22(18,2)3/h6-10,12,17-20H,4-5,11,13-15H2,1-3H3/q+2. The highest BCUT2D eigenvalue weighted by atomic mass is 16.1. The molecule has 0 aliphatic carbocycles. The number of benzene rings is 1. The monoisotopic (exact) mass is 313 g/mol. The minimum Gasteiger partial charge on any atom is -0.294 e. The van der Waals surface area contributed by atoms with E-state index >= 15 is 0 Å². The zero-order chi connectivity index (χ0) is 16.4. The second kappa shape index (κ2) is 6.68. The fourth-order valence-electron chi connectivity index (χ4n) is 4.77. The van der Waals surface area contributed by atoms with Crippen LogP contribution in [0.4, 0.5) is 0 Å². The second-order valence-electron chi connectivity index (χ2n) is 8.03. The summed E-state index contributed by atoms with van der Waals surface area (Å²) in [4.78, 5) is 13.1. The fraction of sp³-hybridized carbons (Fsp3) is 0.619. The first kappa shape index (κ1) is 16.6. The number of unbranched alkanes of at least 4 members (excludes halogenated alkanes) is 1. The number of carbonyl (C=O) groups is 1. The molecule has 0 aromatic heterocycles. The minimum absolute atomic E-state index is 0.217. The summed E-state index contributed by atoms with van der Waals surface area (Å²) in [5, 5.41) is 0. The molecule has 4 atom stereocenters. The predicted octanol–water partition coefficient (Wildman–Crippen LogP) is 4.51. The van der Waals surface area contributed by atoms with Crippen molar-refractivity contribution in [1.29, 1.82) is 0 Å². The Hall–Kier alpha value is -1.28. The summed E-state index contributed by atoms with van der Waals surface area (Å²) in [6.07, 6.45) is 9.55. The van der Waals surface area contributed by atoms with Gasteiger partial charge < -0.3 is 0 Å². The Labute approximate surface area is 141 Å². The van der Waals surface area contributed by atoms with E-state index in [1.165, 1.54) is 25.7 Å². The number of rotatable bonds is 6. The number of Topliss-reactive ketones (excluding diaryl/α,β-unsaturated/α-hetero) is 1. The van der Waals surface area contributed by atoms with Crippen molar-refractivity contribution in [2.45, 2.75) is 57.5 Å². The average molecular weight is 313 g/mol. The van der Waals surface area contributed by atoms with Crippen molar-refractivity contribution < 1.29 is 9.28 Å². The molecule has 2 fully saturated rings. The second-order valence-corrected chi connectivity index (χ2v) is 8.03. The molecule has 1 aromatic carbocycles. The van der Waals surface area contributed by atoms with Gasteiger partial charge in [0.05, 0.1) is 14.1 Å². The summed E-state index contributed by atoms with van der Waals surface area (Å²) in [6.45, 7) is 2.22. The molecule has 2 heterocycles. The average Bonchev–Trinajstić information content (AvgIpc) is 2.74. The van der Waals surface area contributed by atoms with Gasteiger partial charge in [0.1, 0.15) is 18.9 Å². The number of fused-ring (bicyclic) bond motifs is 2. The Morgan fingerprint density at radius 3 is 2.65 bits per heavy atom. The van der Waals surface area contributed by atoms with E-state index in [1.54, 1.807) is 0 Å². The smallest absolute Gasteiger partial charge is 0.221 e. The van der Waals surface area contributed by atoms with E-state index < -0.39 is 0 Å². The van der Waals surface area contributed by atoms with E-state index in [0.29, 0.717) is 23.8 Å². The zero-order valence-corrected chi connectivity index (χ0v) is 14.9. The predicted molar refractivity (Wildman–Crippen MR) is 95.1 cm³/mol. The highest BCUT2D eigenvalue weighted by Crippen LogP contribution is 2.45. The van der Waals surface area contributed by atoms with Crippen LogP contribution in [0, 0.1) is 18.3 Å². The largest absolute Gasteiger partial charge is 0.294 e. The molecule has 0 saturated carbocycles. The quantitative estimate of drug-likeness (QED) is 0.429. The van der Waals surface area contributed by atoms with Crippen LogP contribution in [0.1, 0.15) is 55.8 Å². The lowest BCUT2D eigenvalue weighted by atomic mass is 9.74. The number of hydrogen-bond donors (Lipinski definition) is 0. The molecular formula is C21H31NO+2. The van der Waals surface area contributed by atoms with E-state index in [-0.39, 0.29) is 5.92 Å². The number of piperidine rings is 1. The molecule has 2 nitrogen and oxygen atoms in total. The highest BCUT2D eigenvalue weighted by molar-refractivity contribution is 5.98. The summed E-state index contributed by atoms with van der Waals surface area (Å²) in [5.41, 5.74) is 0.907. The molecule has 2 bridgehead atoms. The summed E-state index contributed by atoms with van der Waals surface area (Å²) >= 11 is 0. The lowest BCUT2D eigenvalue weighted by Crippen LogP contribution is -2.55. The van der Waals surface area contributed by atoms with E-state index in [2.05, 4.69) is 27.4 Å². The topological polar surface area (TPSA) is 17.1 Å². The molecule has 2 aliphatic heterocycles. The molecule has 23 heavy (non-hydrogen) atoms. The van der Waals surface area contributed by atoms with Crippen LogP contribution in [0.2, 0.25) is 0 Å². The minimum atomic E-state index is 0.217.